The number of para-hydroxylation sites is 1. The molecule has 20 heavy (non-hydrogen) atoms. The molecule has 1 aromatic heterocycles. The first kappa shape index (κ1) is 13.2. The molecule has 2 aromatic rings. The van der Waals surface area contributed by atoms with E-state index in [0.29, 0.717) is 0 Å². The Morgan fingerprint density at radius 1 is 1.05 bits per heavy atom. The maximum absolute atomic E-state index is 12.9. The molecule has 1 saturated heterocycles. The second-order valence-corrected chi connectivity index (χ2v) is 5.74. The predicted molar refractivity (Wildman–Crippen MR) is 82.0 cm³/mol. The molecule has 0 spiro atoms. The van der Waals surface area contributed by atoms with Crippen molar-refractivity contribution in [1.82, 2.24) is 9.47 Å². The molecule has 3 nitrogen and oxygen atoms in total. The lowest BCUT2D eigenvalue weighted by Crippen LogP contribution is -2.32. The van der Waals surface area contributed by atoms with Crippen molar-refractivity contribution in [3.05, 3.63) is 35.5 Å². The van der Waals surface area contributed by atoms with Gasteiger partial charge in [0, 0.05) is 36.7 Å². The third-order valence-electron chi connectivity index (χ3n) is 4.51. The fourth-order valence-corrected chi connectivity index (χ4v) is 3.22. The molecule has 3 rings (SSSR count). The van der Waals surface area contributed by atoms with Crippen molar-refractivity contribution in [2.75, 3.05) is 13.1 Å². The lowest BCUT2D eigenvalue weighted by atomic mass is 10.1. The average Bonchev–Trinajstić information content (AvgIpc) is 2.68. The monoisotopic (exact) mass is 270 g/mol. The molecule has 0 saturated carbocycles. The fraction of sp³-hybridized carbons (Fsp3) is 0.471. The Hall–Kier alpha value is -1.77. The van der Waals surface area contributed by atoms with Crippen LogP contribution in [0.4, 0.5) is 0 Å². The molecule has 0 unspecified atom stereocenters. The van der Waals surface area contributed by atoms with E-state index in [1.807, 2.05) is 31.0 Å². The Kier molecular flexibility index (Phi) is 3.51. The van der Waals surface area contributed by atoms with E-state index in [2.05, 4.69) is 16.7 Å². The second kappa shape index (κ2) is 5.31. The summed E-state index contributed by atoms with van der Waals surface area (Å²) in [6.07, 6.45) is 4.77. The molecule has 1 fully saturated rings. The molecule has 106 valence electrons. The Morgan fingerprint density at radius 2 is 1.70 bits per heavy atom. The molecular formula is C17H22N2O. The number of carbonyl (C=O) groups is 1. The zero-order valence-corrected chi connectivity index (χ0v) is 12.4. The number of aryl methyl sites for hydroxylation is 1. The highest BCUT2D eigenvalue weighted by Gasteiger charge is 2.23. The standard InChI is InChI=1S/C17H22N2O/c1-13-16(14-9-5-6-10-15(14)18(13)2)17(20)19-11-7-3-4-8-12-19/h5-6,9-10H,3-4,7-8,11-12H2,1-2H3. The lowest BCUT2D eigenvalue weighted by Gasteiger charge is -2.20. The summed E-state index contributed by atoms with van der Waals surface area (Å²) < 4.78 is 2.13. The summed E-state index contributed by atoms with van der Waals surface area (Å²) in [5.41, 5.74) is 3.11. The molecule has 0 aliphatic carbocycles. The number of nitrogens with zero attached hydrogens (tertiary/aromatic N) is 2. The largest absolute Gasteiger partial charge is 0.347 e. The zero-order valence-electron chi connectivity index (χ0n) is 12.4. The van der Waals surface area contributed by atoms with E-state index in [-0.39, 0.29) is 5.91 Å². The van der Waals surface area contributed by atoms with Gasteiger partial charge in [-0.15, -0.1) is 0 Å². The van der Waals surface area contributed by atoms with E-state index in [1.54, 1.807) is 0 Å². The molecule has 0 bridgehead atoms. The molecule has 1 aliphatic rings. The summed E-state index contributed by atoms with van der Waals surface area (Å²) in [7, 11) is 2.04. The number of hydrogen-bond donors (Lipinski definition) is 0. The van der Waals surface area contributed by atoms with Gasteiger partial charge in [-0.1, -0.05) is 31.0 Å². The van der Waals surface area contributed by atoms with E-state index in [0.717, 1.165) is 48.1 Å². The Bertz CT molecular complexity index is 634. The van der Waals surface area contributed by atoms with Gasteiger partial charge in [-0.05, 0) is 25.8 Å². The van der Waals surface area contributed by atoms with Gasteiger partial charge in [0.25, 0.3) is 5.91 Å². The molecule has 1 amide bonds. The molecule has 2 heterocycles. The van der Waals surface area contributed by atoms with Crippen LogP contribution in [0.15, 0.2) is 24.3 Å². The number of carbonyl (C=O) groups excluding carboxylic acids is 1. The lowest BCUT2D eigenvalue weighted by molar-refractivity contribution is 0.0762. The van der Waals surface area contributed by atoms with Crippen molar-refractivity contribution >= 4 is 16.8 Å². The molecule has 3 heteroatoms. The molecule has 0 radical (unpaired) electrons. The van der Waals surface area contributed by atoms with Gasteiger partial charge in [0.1, 0.15) is 0 Å². The van der Waals surface area contributed by atoms with Crippen molar-refractivity contribution in [3.8, 4) is 0 Å². The van der Waals surface area contributed by atoms with Gasteiger partial charge >= 0.3 is 0 Å². The van der Waals surface area contributed by atoms with Gasteiger partial charge < -0.3 is 9.47 Å². The smallest absolute Gasteiger partial charge is 0.256 e. The highest BCUT2D eigenvalue weighted by atomic mass is 16.2. The van der Waals surface area contributed by atoms with Gasteiger partial charge in [0.05, 0.1) is 5.56 Å². The van der Waals surface area contributed by atoms with Crippen LogP contribution in [0.25, 0.3) is 10.9 Å². The van der Waals surface area contributed by atoms with Crippen LogP contribution < -0.4 is 0 Å². The van der Waals surface area contributed by atoms with Crippen molar-refractivity contribution in [2.45, 2.75) is 32.6 Å². The summed E-state index contributed by atoms with van der Waals surface area (Å²) in [6, 6.07) is 8.19. The quantitative estimate of drug-likeness (QED) is 0.778. The van der Waals surface area contributed by atoms with Crippen LogP contribution >= 0.6 is 0 Å². The highest BCUT2D eigenvalue weighted by Crippen LogP contribution is 2.26. The molecule has 1 aromatic carbocycles. The first-order valence-electron chi connectivity index (χ1n) is 7.53. The number of fused-ring (bicyclic) bond motifs is 1. The molecular weight excluding hydrogens is 248 g/mol. The van der Waals surface area contributed by atoms with E-state index in [1.165, 1.54) is 12.8 Å². The maximum atomic E-state index is 12.9. The summed E-state index contributed by atoms with van der Waals surface area (Å²) in [6.45, 7) is 3.86. The van der Waals surface area contributed by atoms with Crippen LogP contribution in [0.1, 0.15) is 41.7 Å². The zero-order chi connectivity index (χ0) is 14.1. The first-order valence-corrected chi connectivity index (χ1v) is 7.53. The summed E-state index contributed by atoms with van der Waals surface area (Å²) in [5, 5.41) is 1.08. The third-order valence-corrected chi connectivity index (χ3v) is 4.51. The fourth-order valence-electron chi connectivity index (χ4n) is 3.22. The molecule has 1 aliphatic heterocycles. The number of likely N-dealkylation sites (tertiary alicyclic amines) is 1. The van der Waals surface area contributed by atoms with Crippen molar-refractivity contribution < 1.29 is 4.79 Å². The van der Waals surface area contributed by atoms with Gasteiger partial charge in [0.15, 0.2) is 0 Å². The highest BCUT2D eigenvalue weighted by molar-refractivity contribution is 6.08. The van der Waals surface area contributed by atoms with Gasteiger partial charge in [0.2, 0.25) is 0 Å². The van der Waals surface area contributed by atoms with E-state index in [9.17, 15) is 4.79 Å². The SMILES string of the molecule is Cc1c(C(=O)N2CCCCCC2)c2ccccc2n1C. The number of amides is 1. The van der Waals surface area contributed by atoms with Crippen LogP contribution in [-0.4, -0.2) is 28.5 Å². The van der Waals surface area contributed by atoms with E-state index < -0.39 is 0 Å². The number of rotatable bonds is 1. The summed E-state index contributed by atoms with van der Waals surface area (Å²) >= 11 is 0. The van der Waals surface area contributed by atoms with Crippen molar-refractivity contribution in [3.63, 3.8) is 0 Å². The topological polar surface area (TPSA) is 25.2 Å². The molecule has 0 atom stereocenters. The summed E-state index contributed by atoms with van der Waals surface area (Å²) in [4.78, 5) is 15.0. The maximum Gasteiger partial charge on any atom is 0.256 e. The predicted octanol–water partition coefficient (Wildman–Crippen LogP) is 3.50. The summed E-state index contributed by atoms with van der Waals surface area (Å²) in [5.74, 6) is 0.209. The Labute approximate surface area is 120 Å². The van der Waals surface area contributed by atoms with Crippen LogP contribution in [0.5, 0.6) is 0 Å². The number of benzene rings is 1. The van der Waals surface area contributed by atoms with Crippen molar-refractivity contribution in [2.24, 2.45) is 7.05 Å². The molecule has 0 N–H and O–H groups in total. The van der Waals surface area contributed by atoms with E-state index >= 15 is 0 Å². The van der Waals surface area contributed by atoms with Crippen LogP contribution in [-0.2, 0) is 7.05 Å². The first-order chi connectivity index (χ1) is 9.70. The van der Waals surface area contributed by atoms with Crippen molar-refractivity contribution in [1.29, 1.82) is 0 Å². The average molecular weight is 270 g/mol. The van der Waals surface area contributed by atoms with Crippen LogP contribution in [0, 0.1) is 6.92 Å². The van der Waals surface area contributed by atoms with Crippen LogP contribution in [0.2, 0.25) is 0 Å². The minimum atomic E-state index is 0.209. The minimum absolute atomic E-state index is 0.209. The van der Waals surface area contributed by atoms with Crippen LogP contribution in [0.3, 0.4) is 0 Å². The normalized spacial score (nSPS) is 16.4. The van der Waals surface area contributed by atoms with Gasteiger partial charge in [-0.25, -0.2) is 0 Å². The second-order valence-electron chi connectivity index (χ2n) is 5.74. The van der Waals surface area contributed by atoms with Gasteiger partial charge in [-0.2, -0.15) is 0 Å². The Balaban J connectivity index is 2.05. The van der Waals surface area contributed by atoms with Gasteiger partial charge in [-0.3, -0.25) is 4.79 Å². The third kappa shape index (κ3) is 2.11. The van der Waals surface area contributed by atoms with E-state index in [4.69, 9.17) is 0 Å². The number of aromatic nitrogens is 1. The Morgan fingerprint density at radius 3 is 2.40 bits per heavy atom. The number of hydrogen-bond acceptors (Lipinski definition) is 1. The minimum Gasteiger partial charge on any atom is -0.347 e.